The normalized spacial score (nSPS) is 20.5. The van der Waals surface area contributed by atoms with Gasteiger partial charge in [-0.25, -0.2) is 0 Å². The number of rotatable bonds is 3. The molecule has 0 fully saturated rings. The van der Waals surface area contributed by atoms with Gasteiger partial charge in [0.1, 0.15) is 5.84 Å². The van der Waals surface area contributed by atoms with Gasteiger partial charge in [-0.3, -0.25) is 20.1 Å². The zero-order valence-corrected chi connectivity index (χ0v) is 9.25. The Morgan fingerprint density at radius 2 is 2.50 bits per heavy atom. The molecule has 1 aliphatic rings. The van der Waals surface area contributed by atoms with Crippen molar-refractivity contribution in [1.29, 1.82) is 0 Å². The summed E-state index contributed by atoms with van der Waals surface area (Å²) >= 11 is 4.26. The molecular formula is C8H15N3O2S. The number of amides is 1. The van der Waals surface area contributed by atoms with Crippen LogP contribution in [-0.4, -0.2) is 49.1 Å². The molecule has 0 aliphatic carbocycles. The molecule has 1 unspecified atom stereocenters. The number of nitrogens with zero attached hydrogens (tertiary/aromatic N) is 2. The van der Waals surface area contributed by atoms with E-state index in [9.17, 15) is 4.79 Å². The highest BCUT2D eigenvalue weighted by atomic mass is 32.1. The first kappa shape index (κ1) is 11.3. The molecule has 0 saturated heterocycles. The van der Waals surface area contributed by atoms with Gasteiger partial charge in [-0.15, -0.1) is 0 Å². The van der Waals surface area contributed by atoms with Crippen molar-refractivity contribution in [2.45, 2.75) is 11.7 Å². The third-order valence-electron chi connectivity index (χ3n) is 1.81. The molecule has 0 aromatic heterocycles. The minimum absolute atomic E-state index is 0.0171. The standard InChI is InChI=1S/C8H15N3O2S/c1-11(2)8(12)5-13-10-7-3-6(14)4-9-7/h6,14H,3-5H2,1-2H3,(H,9,10). The van der Waals surface area contributed by atoms with E-state index in [1.165, 1.54) is 4.90 Å². The van der Waals surface area contributed by atoms with Crippen LogP contribution in [0.4, 0.5) is 0 Å². The maximum absolute atomic E-state index is 11.1. The summed E-state index contributed by atoms with van der Waals surface area (Å²) in [7, 11) is 3.37. The van der Waals surface area contributed by atoms with E-state index in [-0.39, 0.29) is 17.8 Å². The van der Waals surface area contributed by atoms with Crippen molar-refractivity contribution in [1.82, 2.24) is 10.4 Å². The van der Waals surface area contributed by atoms with Crippen molar-refractivity contribution in [3.8, 4) is 0 Å². The van der Waals surface area contributed by atoms with Crippen molar-refractivity contribution >= 4 is 24.4 Å². The second kappa shape index (κ2) is 5.21. The van der Waals surface area contributed by atoms with Crippen LogP contribution < -0.4 is 5.48 Å². The lowest BCUT2D eigenvalue weighted by Crippen LogP contribution is -2.31. The molecule has 1 aliphatic heterocycles. The molecule has 0 bridgehead atoms. The number of hydrogen-bond donors (Lipinski definition) is 2. The summed E-state index contributed by atoms with van der Waals surface area (Å²) in [4.78, 5) is 21.7. The van der Waals surface area contributed by atoms with Crippen LogP contribution in [0.5, 0.6) is 0 Å². The SMILES string of the molecule is CN(C)C(=O)CONC1=NCC(S)C1. The van der Waals surface area contributed by atoms with Crippen molar-refractivity contribution in [3.63, 3.8) is 0 Å². The highest BCUT2D eigenvalue weighted by molar-refractivity contribution is 7.81. The van der Waals surface area contributed by atoms with E-state index in [2.05, 4.69) is 23.1 Å². The average Bonchev–Trinajstić information content (AvgIpc) is 2.51. The minimum atomic E-state index is -0.0847. The van der Waals surface area contributed by atoms with Gasteiger partial charge in [-0.1, -0.05) is 0 Å². The van der Waals surface area contributed by atoms with Gasteiger partial charge in [0.25, 0.3) is 5.91 Å². The number of thiol groups is 1. The highest BCUT2D eigenvalue weighted by Gasteiger charge is 2.15. The molecule has 1 amide bonds. The molecule has 80 valence electrons. The van der Waals surface area contributed by atoms with Crippen molar-refractivity contribution in [2.75, 3.05) is 27.2 Å². The smallest absolute Gasteiger partial charge is 0.250 e. The molecule has 0 spiro atoms. The van der Waals surface area contributed by atoms with E-state index >= 15 is 0 Å². The Bertz CT molecular complexity index is 243. The largest absolute Gasteiger partial charge is 0.347 e. The monoisotopic (exact) mass is 217 g/mol. The van der Waals surface area contributed by atoms with Gasteiger partial charge in [0, 0.05) is 25.8 Å². The second-order valence-electron chi connectivity index (χ2n) is 3.32. The molecule has 0 aromatic rings. The number of hydrogen-bond acceptors (Lipinski definition) is 5. The Kier molecular flexibility index (Phi) is 4.21. The van der Waals surface area contributed by atoms with Gasteiger partial charge in [-0.2, -0.15) is 12.6 Å². The van der Waals surface area contributed by atoms with Crippen LogP contribution in [0.25, 0.3) is 0 Å². The lowest BCUT2D eigenvalue weighted by Gasteiger charge is -2.11. The average molecular weight is 217 g/mol. The van der Waals surface area contributed by atoms with E-state index in [1.807, 2.05) is 0 Å². The van der Waals surface area contributed by atoms with E-state index < -0.39 is 0 Å². The summed E-state index contributed by atoms with van der Waals surface area (Å²) in [5.41, 5.74) is 2.65. The van der Waals surface area contributed by atoms with Gasteiger partial charge >= 0.3 is 0 Å². The summed E-state index contributed by atoms with van der Waals surface area (Å²) in [5.74, 6) is 0.676. The zero-order valence-electron chi connectivity index (χ0n) is 8.36. The molecule has 1 rings (SSSR count). The first-order chi connectivity index (χ1) is 6.59. The summed E-state index contributed by atoms with van der Waals surface area (Å²) in [6.07, 6.45) is 0.763. The highest BCUT2D eigenvalue weighted by Crippen LogP contribution is 2.09. The van der Waals surface area contributed by atoms with E-state index in [0.717, 1.165) is 12.3 Å². The van der Waals surface area contributed by atoms with Crippen LogP contribution in [0, 0.1) is 0 Å². The topological polar surface area (TPSA) is 53.9 Å². The first-order valence-electron chi connectivity index (χ1n) is 4.39. The molecule has 14 heavy (non-hydrogen) atoms. The molecular weight excluding hydrogens is 202 g/mol. The fourth-order valence-electron chi connectivity index (χ4n) is 0.952. The third kappa shape index (κ3) is 3.55. The zero-order chi connectivity index (χ0) is 10.6. The van der Waals surface area contributed by atoms with Gasteiger partial charge in [0.05, 0.1) is 6.54 Å². The number of amidine groups is 1. The van der Waals surface area contributed by atoms with Crippen molar-refractivity contribution < 1.29 is 9.63 Å². The molecule has 6 heteroatoms. The Morgan fingerprint density at radius 3 is 3.00 bits per heavy atom. The van der Waals surface area contributed by atoms with E-state index in [4.69, 9.17) is 4.84 Å². The lowest BCUT2D eigenvalue weighted by atomic mass is 10.3. The van der Waals surface area contributed by atoms with Gasteiger partial charge in [0.15, 0.2) is 6.61 Å². The quantitative estimate of drug-likeness (QED) is 0.504. The first-order valence-corrected chi connectivity index (χ1v) is 4.90. The lowest BCUT2D eigenvalue weighted by molar-refractivity contribution is -0.135. The van der Waals surface area contributed by atoms with Gasteiger partial charge in [0.2, 0.25) is 0 Å². The number of aliphatic imine (C=N–C) groups is 1. The summed E-state index contributed by atoms with van der Waals surface area (Å²) in [5, 5.41) is 0.269. The number of carbonyl (C=O) groups is 1. The fraction of sp³-hybridized carbons (Fsp3) is 0.750. The Labute approximate surface area is 88.9 Å². The van der Waals surface area contributed by atoms with Crippen LogP contribution in [0.2, 0.25) is 0 Å². The van der Waals surface area contributed by atoms with Crippen LogP contribution in [-0.2, 0) is 9.63 Å². The number of hydroxylamine groups is 1. The number of carbonyl (C=O) groups excluding carboxylic acids is 1. The molecule has 1 N–H and O–H groups in total. The predicted octanol–water partition coefficient (Wildman–Crippen LogP) is -0.304. The van der Waals surface area contributed by atoms with Gasteiger partial charge < -0.3 is 4.90 Å². The third-order valence-corrected chi connectivity index (χ3v) is 2.15. The molecule has 5 nitrogen and oxygen atoms in total. The Balaban J connectivity index is 2.13. The Morgan fingerprint density at radius 1 is 1.79 bits per heavy atom. The number of likely N-dealkylation sites (N-methyl/N-ethyl adjacent to an activating group) is 1. The predicted molar refractivity (Wildman–Crippen MR) is 57.5 cm³/mol. The van der Waals surface area contributed by atoms with E-state index in [0.29, 0.717) is 6.54 Å². The molecule has 0 aromatic carbocycles. The van der Waals surface area contributed by atoms with Crippen molar-refractivity contribution in [3.05, 3.63) is 0 Å². The molecule has 0 radical (unpaired) electrons. The molecule has 1 atom stereocenters. The van der Waals surface area contributed by atoms with Crippen LogP contribution in [0.3, 0.4) is 0 Å². The van der Waals surface area contributed by atoms with Crippen LogP contribution in [0.15, 0.2) is 4.99 Å². The minimum Gasteiger partial charge on any atom is -0.347 e. The fourth-order valence-corrected chi connectivity index (χ4v) is 1.21. The van der Waals surface area contributed by atoms with Crippen LogP contribution >= 0.6 is 12.6 Å². The van der Waals surface area contributed by atoms with E-state index in [1.54, 1.807) is 14.1 Å². The molecule has 0 saturated carbocycles. The summed E-state index contributed by atoms with van der Waals surface area (Å²) < 4.78 is 0. The number of nitrogens with one attached hydrogen (secondary N) is 1. The van der Waals surface area contributed by atoms with Crippen molar-refractivity contribution in [2.24, 2.45) is 4.99 Å². The van der Waals surface area contributed by atoms with Crippen LogP contribution in [0.1, 0.15) is 6.42 Å². The second-order valence-corrected chi connectivity index (χ2v) is 4.05. The molecule has 1 heterocycles. The van der Waals surface area contributed by atoms with Gasteiger partial charge in [-0.05, 0) is 0 Å². The maximum Gasteiger partial charge on any atom is 0.250 e. The maximum atomic E-state index is 11.1. The summed E-state index contributed by atoms with van der Waals surface area (Å²) in [6, 6.07) is 0. The Hall–Kier alpha value is -0.750. The summed E-state index contributed by atoms with van der Waals surface area (Å²) in [6.45, 7) is 0.722.